The summed E-state index contributed by atoms with van der Waals surface area (Å²) in [6, 6.07) is 1.93. The molecule has 0 aliphatic carbocycles. The van der Waals surface area contributed by atoms with Crippen molar-refractivity contribution in [2.24, 2.45) is 0 Å². The number of nitrogens with zero attached hydrogens (tertiary/aromatic N) is 1. The third-order valence-electron chi connectivity index (χ3n) is 0.974. The molecule has 0 amide bonds. The molecule has 4 heteroatoms. The number of carbonyl (C=O) groups is 1. The molecule has 0 aromatic rings. The minimum Gasteiger partial charge on any atom is -0.461 e. The molecular formula is C7H11NO2S. The first-order valence-electron chi connectivity index (χ1n) is 3.26. The molecule has 0 aromatic carbocycles. The zero-order chi connectivity index (χ0) is 8.69. The molecular weight excluding hydrogens is 162 g/mol. The maximum Gasteiger partial charge on any atom is 0.316 e. The number of hydrogen-bond acceptors (Lipinski definition) is 4. The maximum atomic E-state index is 10.8. The van der Waals surface area contributed by atoms with E-state index in [1.54, 1.807) is 6.92 Å². The molecule has 0 saturated carbocycles. The van der Waals surface area contributed by atoms with E-state index in [9.17, 15) is 4.79 Å². The maximum absolute atomic E-state index is 10.8. The van der Waals surface area contributed by atoms with Crippen LogP contribution in [0, 0.1) is 11.3 Å². The van der Waals surface area contributed by atoms with Crippen LogP contribution >= 0.6 is 11.8 Å². The predicted molar refractivity (Wildman–Crippen MR) is 44.2 cm³/mol. The number of ether oxygens (including phenoxy) is 1. The lowest BCUT2D eigenvalue weighted by Gasteiger charge is -2.07. The van der Waals surface area contributed by atoms with Crippen molar-refractivity contribution in [1.29, 1.82) is 5.26 Å². The van der Waals surface area contributed by atoms with Crippen LogP contribution in [0.2, 0.25) is 0 Å². The van der Waals surface area contributed by atoms with E-state index < -0.39 is 0 Å². The fourth-order valence-electron chi connectivity index (χ4n) is 0.546. The summed E-state index contributed by atoms with van der Waals surface area (Å²) in [5.74, 6) is 0.107. The smallest absolute Gasteiger partial charge is 0.316 e. The molecule has 0 N–H and O–H groups in total. The second-order valence-corrected chi connectivity index (χ2v) is 2.96. The van der Waals surface area contributed by atoms with Gasteiger partial charge in [-0.1, -0.05) is 0 Å². The van der Waals surface area contributed by atoms with E-state index in [4.69, 9.17) is 10.00 Å². The predicted octanol–water partition coefficient (Wildman–Crippen LogP) is 1.19. The Morgan fingerprint density at radius 3 is 2.91 bits per heavy atom. The molecule has 62 valence electrons. The molecule has 0 rings (SSSR count). The SMILES string of the molecule is CSCC(=O)O[C@@H](C)CC#N. The summed E-state index contributed by atoms with van der Waals surface area (Å²) >= 11 is 1.41. The summed E-state index contributed by atoms with van der Waals surface area (Å²) in [6.45, 7) is 1.71. The largest absolute Gasteiger partial charge is 0.461 e. The average Bonchev–Trinajstić information content (AvgIpc) is 1.87. The first kappa shape index (κ1) is 10.3. The molecule has 11 heavy (non-hydrogen) atoms. The van der Waals surface area contributed by atoms with E-state index >= 15 is 0 Å². The van der Waals surface area contributed by atoms with Gasteiger partial charge in [0.15, 0.2) is 0 Å². The van der Waals surface area contributed by atoms with Crippen LogP contribution in [0.25, 0.3) is 0 Å². The van der Waals surface area contributed by atoms with Gasteiger partial charge in [-0.05, 0) is 13.2 Å². The van der Waals surface area contributed by atoms with Gasteiger partial charge < -0.3 is 4.74 Å². The zero-order valence-corrected chi connectivity index (χ0v) is 7.48. The molecule has 0 aromatic heterocycles. The highest BCUT2D eigenvalue weighted by atomic mass is 32.2. The number of thioether (sulfide) groups is 1. The standard InChI is InChI=1S/C7H11NO2S/c1-6(3-4-8)10-7(9)5-11-2/h6H,3,5H2,1-2H3/t6-/m0/s1. The molecule has 0 aliphatic heterocycles. The second-order valence-electron chi connectivity index (χ2n) is 2.10. The molecule has 3 nitrogen and oxygen atoms in total. The van der Waals surface area contributed by atoms with Crippen molar-refractivity contribution < 1.29 is 9.53 Å². The Hall–Kier alpha value is -0.690. The minimum absolute atomic E-state index is 0.250. The normalized spacial score (nSPS) is 11.7. The number of hydrogen-bond donors (Lipinski definition) is 0. The van der Waals surface area contributed by atoms with Gasteiger partial charge in [0, 0.05) is 0 Å². The fraction of sp³-hybridized carbons (Fsp3) is 0.714. The van der Waals surface area contributed by atoms with Gasteiger partial charge in [-0.2, -0.15) is 17.0 Å². The van der Waals surface area contributed by atoms with Crippen LogP contribution < -0.4 is 0 Å². The molecule has 0 heterocycles. The van der Waals surface area contributed by atoms with Gasteiger partial charge in [0.05, 0.1) is 18.2 Å². The van der Waals surface area contributed by atoms with Crippen molar-refractivity contribution in [2.45, 2.75) is 19.4 Å². The lowest BCUT2D eigenvalue weighted by atomic mass is 10.3. The molecule has 0 radical (unpaired) electrons. The number of nitriles is 1. The molecule has 0 spiro atoms. The minimum atomic E-state index is -0.278. The van der Waals surface area contributed by atoms with E-state index in [-0.39, 0.29) is 18.5 Å². The van der Waals surface area contributed by atoms with Crippen LogP contribution in [0.4, 0.5) is 0 Å². The molecule has 0 saturated heterocycles. The van der Waals surface area contributed by atoms with E-state index in [1.807, 2.05) is 12.3 Å². The fourth-order valence-corrected chi connectivity index (χ4v) is 0.850. The van der Waals surface area contributed by atoms with Crippen molar-refractivity contribution in [2.75, 3.05) is 12.0 Å². The van der Waals surface area contributed by atoms with Crippen molar-refractivity contribution in [3.63, 3.8) is 0 Å². The number of esters is 1. The van der Waals surface area contributed by atoms with Crippen molar-refractivity contribution in [3.8, 4) is 6.07 Å². The van der Waals surface area contributed by atoms with Crippen LogP contribution in [0.3, 0.4) is 0 Å². The van der Waals surface area contributed by atoms with Gasteiger partial charge in [-0.25, -0.2) is 0 Å². The summed E-state index contributed by atoms with van der Waals surface area (Å²) in [5, 5.41) is 8.23. The summed E-state index contributed by atoms with van der Waals surface area (Å²) in [7, 11) is 0. The summed E-state index contributed by atoms with van der Waals surface area (Å²) < 4.78 is 4.85. The highest BCUT2D eigenvalue weighted by Gasteiger charge is 2.07. The summed E-state index contributed by atoms with van der Waals surface area (Å²) in [4.78, 5) is 10.8. The van der Waals surface area contributed by atoms with E-state index in [2.05, 4.69) is 0 Å². The Morgan fingerprint density at radius 1 is 1.82 bits per heavy atom. The molecule has 0 unspecified atom stereocenters. The number of carbonyl (C=O) groups excluding carboxylic acids is 1. The van der Waals surface area contributed by atoms with Gasteiger partial charge in [-0.15, -0.1) is 0 Å². The second kappa shape index (κ2) is 6.05. The topological polar surface area (TPSA) is 50.1 Å². The molecule has 0 fully saturated rings. The highest BCUT2D eigenvalue weighted by molar-refractivity contribution is 7.99. The van der Waals surface area contributed by atoms with Crippen LogP contribution in [0.1, 0.15) is 13.3 Å². The van der Waals surface area contributed by atoms with E-state index in [0.29, 0.717) is 5.75 Å². The first-order valence-corrected chi connectivity index (χ1v) is 4.65. The van der Waals surface area contributed by atoms with E-state index in [1.165, 1.54) is 11.8 Å². The van der Waals surface area contributed by atoms with Crippen molar-refractivity contribution >= 4 is 17.7 Å². The van der Waals surface area contributed by atoms with Gasteiger partial charge in [-0.3, -0.25) is 4.79 Å². The van der Waals surface area contributed by atoms with Gasteiger partial charge >= 0.3 is 5.97 Å². The quantitative estimate of drug-likeness (QED) is 0.599. The van der Waals surface area contributed by atoms with Crippen LogP contribution in [-0.2, 0) is 9.53 Å². The van der Waals surface area contributed by atoms with Gasteiger partial charge in [0.1, 0.15) is 6.10 Å². The third-order valence-corrected chi connectivity index (χ3v) is 1.50. The molecule has 1 atom stereocenters. The lowest BCUT2D eigenvalue weighted by Crippen LogP contribution is -2.15. The van der Waals surface area contributed by atoms with Gasteiger partial charge in [0.2, 0.25) is 0 Å². The van der Waals surface area contributed by atoms with E-state index in [0.717, 1.165) is 0 Å². The Kier molecular flexibility index (Phi) is 5.67. The Balaban J connectivity index is 3.50. The Bertz CT molecular complexity index is 164. The van der Waals surface area contributed by atoms with Crippen LogP contribution in [0.5, 0.6) is 0 Å². The Morgan fingerprint density at radius 2 is 2.45 bits per heavy atom. The first-order chi connectivity index (χ1) is 5.20. The molecule has 0 aliphatic rings. The van der Waals surface area contributed by atoms with Crippen molar-refractivity contribution in [3.05, 3.63) is 0 Å². The highest BCUT2D eigenvalue weighted by Crippen LogP contribution is 1.99. The van der Waals surface area contributed by atoms with Crippen LogP contribution in [0.15, 0.2) is 0 Å². The lowest BCUT2D eigenvalue weighted by molar-refractivity contribution is -0.144. The molecule has 0 bridgehead atoms. The number of rotatable bonds is 4. The summed E-state index contributed by atoms with van der Waals surface area (Å²) in [6.07, 6.45) is 1.82. The zero-order valence-electron chi connectivity index (χ0n) is 6.66. The van der Waals surface area contributed by atoms with Crippen molar-refractivity contribution in [1.82, 2.24) is 0 Å². The van der Waals surface area contributed by atoms with Crippen LogP contribution in [-0.4, -0.2) is 24.1 Å². The Labute approximate surface area is 70.7 Å². The van der Waals surface area contributed by atoms with Gasteiger partial charge in [0.25, 0.3) is 0 Å². The summed E-state index contributed by atoms with van der Waals surface area (Å²) in [5.41, 5.74) is 0. The third kappa shape index (κ3) is 5.74. The monoisotopic (exact) mass is 173 g/mol. The average molecular weight is 173 g/mol.